The number of hydrogen-bond acceptors (Lipinski definition) is 2. The van der Waals surface area contributed by atoms with Gasteiger partial charge in [-0.1, -0.05) is 0 Å². The van der Waals surface area contributed by atoms with Crippen LogP contribution in [0.4, 0.5) is 23.7 Å². The Hall–Kier alpha value is -1.77. The van der Waals surface area contributed by atoms with Gasteiger partial charge in [0, 0.05) is 10.2 Å². The number of aromatic carboxylic acids is 1. The molecule has 2 rings (SSSR count). The Morgan fingerprint density at radius 3 is 2.38 bits per heavy atom. The van der Waals surface area contributed by atoms with E-state index in [-0.39, 0.29) is 24.1 Å². The fourth-order valence-corrected chi connectivity index (χ4v) is 2.17. The maximum Gasteiger partial charge on any atom is 0.411 e. The molecule has 0 aliphatic heterocycles. The molecular weight excluding hydrogens is 357 g/mol. The molecule has 114 valence electrons. The molecule has 0 saturated heterocycles. The number of carboxylic acids is 1. The number of carboxylic acid groups (broad SMARTS) is 1. The van der Waals surface area contributed by atoms with Crippen LogP contribution in [0.3, 0.4) is 0 Å². The van der Waals surface area contributed by atoms with E-state index in [0.717, 1.165) is 6.07 Å². The standard InChI is InChI=1S/C12H10BrF3N2O3/c13-8-2-1-6(5-7(8)9(19)20)17-10(21)18-11(3-4-11)12(14,15)16/h1-2,5H,3-4H2,(H,19,20)(H2,17,18,21). The van der Waals surface area contributed by atoms with Gasteiger partial charge in [0.1, 0.15) is 5.54 Å². The second-order valence-corrected chi connectivity index (χ2v) is 5.51. The van der Waals surface area contributed by atoms with E-state index in [1.54, 1.807) is 0 Å². The molecule has 1 aromatic rings. The highest BCUT2D eigenvalue weighted by molar-refractivity contribution is 9.10. The maximum absolute atomic E-state index is 12.7. The lowest BCUT2D eigenvalue weighted by Crippen LogP contribution is -2.49. The van der Waals surface area contributed by atoms with Crippen LogP contribution in [0, 0.1) is 0 Å². The predicted octanol–water partition coefficient (Wildman–Crippen LogP) is 3.36. The molecular formula is C12H10BrF3N2O3. The van der Waals surface area contributed by atoms with Gasteiger partial charge in [-0.05, 0) is 47.0 Å². The van der Waals surface area contributed by atoms with E-state index >= 15 is 0 Å². The molecule has 9 heteroatoms. The highest BCUT2D eigenvalue weighted by atomic mass is 79.9. The molecule has 3 N–H and O–H groups in total. The van der Waals surface area contributed by atoms with Crippen molar-refractivity contribution < 1.29 is 27.9 Å². The second-order valence-electron chi connectivity index (χ2n) is 4.66. The van der Waals surface area contributed by atoms with E-state index in [9.17, 15) is 22.8 Å². The van der Waals surface area contributed by atoms with Gasteiger partial charge in [0.25, 0.3) is 0 Å². The molecule has 1 aromatic carbocycles. The van der Waals surface area contributed by atoms with Crippen LogP contribution in [-0.4, -0.2) is 28.8 Å². The smallest absolute Gasteiger partial charge is 0.411 e. The minimum atomic E-state index is -4.50. The molecule has 0 spiro atoms. The van der Waals surface area contributed by atoms with Crippen molar-refractivity contribution in [2.75, 3.05) is 5.32 Å². The van der Waals surface area contributed by atoms with Gasteiger partial charge in [-0.3, -0.25) is 0 Å². The van der Waals surface area contributed by atoms with Crippen LogP contribution >= 0.6 is 15.9 Å². The minimum Gasteiger partial charge on any atom is -0.478 e. The van der Waals surface area contributed by atoms with Gasteiger partial charge in [-0.2, -0.15) is 13.2 Å². The van der Waals surface area contributed by atoms with E-state index in [0.29, 0.717) is 4.47 Å². The van der Waals surface area contributed by atoms with Gasteiger partial charge in [-0.15, -0.1) is 0 Å². The Morgan fingerprint density at radius 2 is 1.90 bits per heavy atom. The van der Waals surface area contributed by atoms with E-state index in [4.69, 9.17) is 5.11 Å². The zero-order chi connectivity index (χ0) is 15.8. The van der Waals surface area contributed by atoms with Crippen LogP contribution in [0.2, 0.25) is 0 Å². The third kappa shape index (κ3) is 3.29. The van der Waals surface area contributed by atoms with E-state index in [2.05, 4.69) is 21.2 Å². The first-order valence-electron chi connectivity index (χ1n) is 5.83. The number of benzene rings is 1. The maximum atomic E-state index is 12.7. The van der Waals surface area contributed by atoms with Gasteiger partial charge < -0.3 is 15.7 Å². The fraction of sp³-hybridized carbons (Fsp3) is 0.333. The number of rotatable bonds is 3. The number of halogens is 4. The summed E-state index contributed by atoms with van der Waals surface area (Å²) < 4.78 is 38.4. The van der Waals surface area contributed by atoms with Gasteiger partial charge in [-0.25, -0.2) is 9.59 Å². The van der Waals surface area contributed by atoms with Crippen molar-refractivity contribution in [2.24, 2.45) is 0 Å². The SMILES string of the molecule is O=C(Nc1ccc(Br)c(C(=O)O)c1)NC1(C(F)(F)F)CC1. The average Bonchev–Trinajstić information content (AvgIpc) is 3.11. The molecule has 1 saturated carbocycles. The Bertz CT molecular complexity index is 600. The molecule has 21 heavy (non-hydrogen) atoms. The van der Waals surface area contributed by atoms with Crippen molar-refractivity contribution in [2.45, 2.75) is 24.6 Å². The Morgan fingerprint density at radius 1 is 1.29 bits per heavy atom. The Kier molecular flexibility index (Phi) is 3.87. The third-order valence-corrected chi connectivity index (χ3v) is 3.79. The summed E-state index contributed by atoms with van der Waals surface area (Å²) >= 11 is 3.02. The molecule has 1 fully saturated rings. The first-order valence-corrected chi connectivity index (χ1v) is 6.63. The third-order valence-electron chi connectivity index (χ3n) is 3.10. The number of alkyl halides is 3. The lowest BCUT2D eigenvalue weighted by atomic mass is 10.2. The summed E-state index contributed by atoms with van der Waals surface area (Å²) in [4.78, 5) is 22.5. The second kappa shape index (κ2) is 5.21. The Labute approximate surface area is 125 Å². The Balaban J connectivity index is 2.07. The zero-order valence-corrected chi connectivity index (χ0v) is 12.0. The van der Waals surface area contributed by atoms with Crippen molar-refractivity contribution in [3.8, 4) is 0 Å². The molecule has 1 aliphatic rings. The number of hydrogen-bond donors (Lipinski definition) is 3. The number of carbonyl (C=O) groups excluding carboxylic acids is 1. The normalized spacial score (nSPS) is 16.2. The topological polar surface area (TPSA) is 78.4 Å². The number of amides is 2. The van der Waals surface area contributed by atoms with Crippen LogP contribution in [0.5, 0.6) is 0 Å². The lowest BCUT2D eigenvalue weighted by molar-refractivity contribution is -0.162. The van der Waals surface area contributed by atoms with Crippen molar-refractivity contribution in [3.05, 3.63) is 28.2 Å². The molecule has 2 amide bonds. The molecule has 0 atom stereocenters. The van der Waals surface area contributed by atoms with Gasteiger partial charge >= 0.3 is 18.2 Å². The minimum absolute atomic E-state index is 0.0890. The number of nitrogens with one attached hydrogen (secondary N) is 2. The van der Waals surface area contributed by atoms with Gasteiger partial charge in [0.15, 0.2) is 0 Å². The van der Waals surface area contributed by atoms with E-state index in [1.807, 2.05) is 5.32 Å². The van der Waals surface area contributed by atoms with Gasteiger partial charge in [0.05, 0.1) is 5.56 Å². The van der Waals surface area contributed by atoms with Crippen molar-refractivity contribution in [1.82, 2.24) is 5.32 Å². The van der Waals surface area contributed by atoms with Crippen LogP contribution in [-0.2, 0) is 0 Å². The molecule has 0 radical (unpaired) electrons. The van der Waals surface area contributed by atoms with Crippen LogP contribution in [0.15, 0.2) is 22.7 Å². The van der Waals surface area contributed by atoms with E-state index in [1.165, 1.54) is 12.1 Å². The molecule has 0 heterocycles. The lowest BCUT2D eigenvalue weighted by Gasteiger charge is -2.21. The molecule has 0 unspecified atom stereocenters. The van der Waals surface area contributed by atoms with E-state index < -0.39 is 23.7 Å². The summed E-state index contributed by atoms with van der Waals surface area (Å²) in [5.74, 6) is -1.22. The highest BCUT2D eigenvalue weighted by Crippen LogP contribution is 2.48. The first-order chi connectivity index (χ1) is 9.64. The number of carbonyl (C=O) groups is 2. The number of urea groups is 1. The first kappa shape index (κ1) is 15.6. The molecule has 0 bridgehead atoms. The fourth-order valence-electron chi connectivity index (χ4n) is 1.75. The zero-order valence-electron chi connectivity index (χ0n) is 10.4. The van der Waals surface area contributed by atoms with Crippen molar-refractivity contribution >= 4 is 33.6 Å². The van der Waals surface area contributed by atoms with Crippen LogP contribution < -0.4 is 10.6 Å². The summed E-state index contributed by atoms with van der Waals surface area (Å²) in [6.07, 6.45) is -4.83. The summed E-state index contributed by atoms with van der Waals surface area (Å²) in [6.45, 7) is 0. The monoisotopic (exact) mass is 366 g/mol. The quantitative estimate of drug-likeness (QED) is 0.767. The van der Waals surface area contributed by atoms with Crippen molar-refractivity contribution in [3.63, 3.8) is 0 Å². The van der Waals surface area contributed by atoms with Crippen LogP contribution in [0.25, 0.3) is 0 Å². The largest absolute Gasteiger partial charge is 0.478 e. The summed E-state index contributed by atoms with van der Waals surface area (Å²) in [7, 11) is 0. The summed E-state index contributed by atoms with van der Waals surface area (Å²) in [5.41, 5.74) is -2.18. The average molecular weight is 367 g/mol. The predicted molar refractivity (Wildman–Crippen MR) is 71.3 cm³/mol. The molecule has 5 nitrogen and oxygen atoms in total. The summed E-state index contributed by atoms with van der Waals surface area (Å²) in [6, 6.07) is 2.89. The van der Waals surface area contributed by atoms with Crippen LogP contribution in [0.1, 0.15) is 23.2 Å². The molecule has 1 aliphatic carbocycles. The molecule has 0 aromatic heterocycles. The number of anilines is 1. The summed E-state index contributed by atoms with van der Waals surface area (Å²) in [5, 5.41) is 13.0. The van der Waals surface area contributed by atoms with Crippen molar-refractivity contribution in [1.29, 1.82) is 0 Å². The van der Waals surface area contributed by atoms with Gasteiger partial charge in [0.2, 0.25) is 0 Å². The highest BCUT2D eigenvalue weighted by Gasteiger charge is 2.64.